The molecule has 4 aliphatic carbocycles. The molecule has 1 amide bonds. The second-order valence-electron chi connectivity index (χ2n) is 7.95. The third-order valence-electron chi connectivity index (χ3n) is 6.01. The van der Waals surface area contributed by atoms with Crippen LogP contribution in [0, 0.1) is 29.0 Å². The van der Waals surface area contributed by atoms with E-state index in [0.29, 0.717) is 23.4 Å². The SMILES string of the molecule is O=C(COC(=O)C12CC3CC(CC(C3)C1)C2)Nc1ccc(F)c(Cl)c1. The van der Waals surface area contributed by atoms with E-state index in [1.807, 2.05) is 0 Å². The number of hydrogen-bond acceptors (Lipinski definition) is 3. The number of benzene rings is 1. The van der Waals surface area contributed by atoms with Gasteiger partial charge in [-0.3, -0.25) is 9.59 Å². The molecule has 0 aliphatic heterocycles. The fourth-order valence-electron chi connectivity index (χ4n) is 5.42. The summed E-state index contributed by atoms with van der Waals surface area (Å²) in [7, 11) is 0. The number of rotatable bonds is 4. The molecule has 0 aromatic heterocycles. The van der Waals surface area contributed by atoms with Crippen LogP contribution in [0.25, 0.3) is 0 Å². The van der Waals surface area contributed by atoms with Crippen molar-refractivity contribution in [1.82, 2.24) is 0 Å². The molecule has 0 atom stereocenters. The minimum atomic E-state index is -0.548. The van der Waals surface area contributed by atoms with Gasteiger partial charge < -0.3 is 10.1 Å². The second kappa shape index (κ2) is 6.27. The molecule has 6 heteroatoms. The quantitative estimate of drug-likeness (QED) is 0.814. The van der Waals surface area contributed by atoms with Gasteiger partial charge in [0.25, 0.3) is 5.91 Å². The Morgan fingerprint density at radius 1 is 1.16 bits per heavy atom. The molecular formula is C19H21ClFNO3. The first kappa shape index (κ1) is 16.8. The van der Waals surface area contributed by atoms with Gasteiger partial charge >= 0.3 is 5.97 Å². The largest absolute Gasteiger partial charge is 0.455 e. The highest BCUT2D eigenvalue weighted by atomic mass is 35.5. The van der Waals surface area contributed by atoms with Crippen molar-refractivity contribution in [2.24, 2.45) is 23.2 Å². The lowest BCUT2D eigenvalue weighted by Gasteiger charge is -2.55. The van der Waals surface area contributed by atoms with E-state index in [4.69, 9.17) is 16.3 Å². The number of carbonyl (C=O) groups excluding carboxylic acids is 2. The molecule has 1 aromatic carbocycles. The Kier molecular flexibility index (Phi) is 4.22. The lowest BCUT2D eigenvalue weighted by molar-refractivity contribution is -0.172. The van der Waals surface area contributed by atoms with Crippen LogP contribution in [0.5, 0.6) is 0 Å². The van der Waals surface area contributed by atoms with Crippen molar-refractivity contribution in [3.05, 3.63) is 29.0 Å². The Labute approximate surface area is 151 Å². The Balaban J connectivity index is 1.34. The van der Waals surface area contributed by atoms with Gasteiger partial charge in [0.05, 0.1) is 10.4 Å². The predicted molar refractivity (Wildman–Crippen MR) is 91.6 cm³/mol. The molecule has 4 nitrogen and oxygen atoms in total. The van der Waals surface area contributed by atoms with E-state index < -0.39 is 11.7 Å². The second-order valence-corrected chi connectivity index (χ2v) is 8.36. The number of nitrogens with one attached hydrogen (secondary N) is 1. The summed E-state index contributed by atoms with van der Waals surface area (Å²) in [6.07, 6.45) is 6.47. The number of amides is 1. The molecule has 134 valence electrons. The van der Waals surface area contributed by atoms with E-state index in [-0.39, 0.29) is 23.0 Å². The summed E-state index contributed by atoms with van der Waals surface area (Å²) in [5.74, 6) is 0.726. The predicted octanol–water partition coefficient (Wildman–Crippen LogP) is 4.18. The summed E-state index contributed by atoms with van der Waals surface area (Å²) >= 11 is 5.69. The molecule has 0 unspecified atom stereocenters. The number of carbonyl (C=O) groups is 2. The van der Waals surface area contributed by atoms with E-state index in [9.17, 15) is 14.0 Å². The van der Waals surface area contributed by atoms with Gasteiger partial charge in [0, 0.05) is 5.69 Å². The van der Waals surface area contributed by atoms with Gasteiger partial charge in [-0.15, -0.1) is 0 Å². The third-order valence-corrected chi connectivity index (χ3v) is 6.30. The van der Waals surface area contributed by atoms with Crippen LogP contribution in [0.3, 0.4) is 0 Å². The number of anilines is 1. The van der Waals surface area contributed by atoms with Crippen LogP contribution in [0.1, 0.15) is 38.5 Å². The van der Waals surface area contributed by atoms with Crippen molar-refractivity contribution in [2.75, 3.05) is 11.9 Å². The molecule has 4 bridgehead atoms. The maximum Gasteiger partial charge on any atom is 0.312 e. The molecule has 4 aliphatic rings. The van der Waals surface area contributed by atoms with Crippen LogP contribution < -0.4 is 5.32 Å². The zero-order valence-corrected chi connectivity index (χ0v) is 14.7. The van der Waals surface area contributed by atoms with Crippen LogP contribution in [0.2, 0.25) is 5.02 Å². The average molecular weight is 366 g/mol. The van der Waals surface area contributed by atoms with E-state index in [0.717, 1.165) is 19.3 Å². The molecule has 5 rings (SSSR count). The highest BCUT2D eigenvalue weighted by Crippen LogP contribution is 2.60. The van der Waals surface area contributed by atoms with Crippen molar-refractivity contribution >= 4 is 29.2 Å². The maximum atomic E-state index is 13.1. The Hall–Kier alpha value is -1.62. The highest BCUT2D eigenvalue weighted by molar-refractivity contribution is 6.31. The number of ether oxygens (including phenoxy) is 1. The van der Waals surface area contributed by atoms with Crippen molar-refractivity contribution < 1.29 is 18.7 Å². The van der Waals surface area contributed by atoms with Crippen molar-refractivity contribution in [3.8, 4) is 0 Å². The highest BCUT2D eigenvalue weighted by Gasteiger charge is 2.55. The lowest BCUT2D eigenvalue weighted by Crippen LogP contribution is -2.50. The van der Waals surface area contributed by atoms with Gasteiger partial charge in [-0.25, -0.2) is 4.39 Å². The molecule has 0 radical (unpaired) electrons. The summed E-state index contributed by atoms with van der Waals surface area (Å²) in [4.78, 5) is 24.7. The van der Waals surface area contributed by atoms with E-state index >= 15 is 0 Å². The van der Waals surface area contributed by atoms with Gasteiger partial charge in [-0.1, -0.05) is 11.6 Å². The van der Waals surface area contributed by atoms with Gasteiger partial charge in [-0.2, -0.15) is 0 Å². The van der Waals surface area contributed by atoms with E-state index in [1.165, 1.54) is 37.5 Å². The monoisotopic (exact) mass is 365 g/mol. The van der Waals surface area contributed by atoms with Crippen molar-refractivity contribution in [1.29, 1.82) is 0 Å². The molecule has 0 saturated heterocycles. The fraction of sp³-hybridized carbons (Fsp3) is 0.579. The van der Waals surface area contributed by atoms with Crippen LogP contribution >= 0.6 is 11.6 Å². The summed E-state index contributed by atoms with van der Waals surface area (Å²) in [6.45, 7) is -0.324. The standard InChI is InChI=1S/C19H21ClFNO3/c20-15-6-14(1-2-16(15)21)22-17(23)10-25-18(24)19-7-11-3-12(8-19)5-13(4-11)9-19/h1-2,6,11-13H,3-5,7-10H2,(H,22,23). The lowest BCUT2D eigenvalue weighted by atomic mass is 9.49. The minimum absolute atomic E-state index is 0.0663. The van der Waals surface area contributed by atoms with Gasteiger partial charge in [-0.05, 0) is 74.5 Å². The zero-order chi connectivity index (χ0) is 17.6. The number of hydrogen-bond donors (Lipinski definition) is 1. The molecule has 0 spiro atoms. The number of esters is 1. The third kappa shape index (κ3) is 3.26. The van der Waals surface area contributed by atoms with Crippen molar-refractivity contribution in [2.45, 2.75) is 38.5 Å². The summed E-state index contributed by atoms with van der Waals surface area (Å²) in [5, 5.41) is 2.51. The summed E-state index contributed by atoms with van der Waals surface area (Å²) < 4.78 is 18.5. The van der Waals surface area contributed by atoms with Crippen LogP contribution in [-0.4, -0.2) is 18.5 Å². The summed E-state index contributed by atoms with van der Waals surface area (Å²) in [5.41, 5.74) is 0.0102. The van der Waals surface area contributed by atoms with E-state index in [1.54, 1.807) is 0 Å². The first-order valence-electron chi connectivity index (χ1n) is 8.86. The van der Waals surface area contributed by atoms with Gasteiger partial charge in [0.1, 0.15) is 5.82 Å². The molecule has 1 N–H and O–H groups in total. The van der Waals surface area contributed by atoms with Gasteiger partial charge in [0.2, 0.25) is 0 Å². The topological polar surface area (TPSA) is 55.4 Å². The fourth-order valence-corrected chi connectivity index (χ4v) is 5.60. The van der Waals surface area contributed by atoms with Crippen LogP contribution in [0.15, 0.2) is 18.2 Å². The Bertz CT molecular complexity index is 685. The van der Waals surface area contributed by atoms with Crippen LogP contribution in [0.4, 0.5) is 10.1 Å². The maximum absolute atomic E-state index is 13.1. The van der Waals surface area contributed by atoms with Crippen LogP contribution in [-0.2, 0) is 14.3 Å². The molecule has 25 heavy (non-hydrogen) atoms. The molecule has 4 saturated carbocycles. The van der Waals surface area contributed by atoms with E-state index in [2.05, 4.69) is 5.32 Å². The molecule has 1 aromatic rings. The zero-order valence-electron chi connectivity index (χ0n) is 13.9. The molecular weight excluding hydrogens is 345 g/mol. The Morgan fingerprint density at radius 3 is 2.32 bits per heavy atom. The Morgan fingerprint density at radius 2 is 1.76 bits per heavy atom. The summed E-state index contributed by atoms with van der Waals surface area (Å²) in [6, 6.07) is 3.93. The molecule has 0 heterocycles. The minimum Gasteiger partial charge on any atom is -0.455 e. The smallest absolute Gasteiger partial charge is 0.312 e. The average Bonchev–Trinajstić information content (AvgIpc) is 2.55. The normalized spacial score (nSPS) is 32.5. The van der Waals surface area contributed by atoms with Crippen molar-refractivity contribution in [3.63, 3.8) is 0 Å². The first-order valence-corrected chi connectivity index (χ1v) is 9.23. The first-order chi connectivity index (χ1) is 11.9. The molecule has 4 fully saturated rings. The van der Waals surface area contributed by atoms with Gasteiger partial charge in [0.15, 0.2) is 6.61 Å². The number of halogens is 2.